The van der Waals surface area contributed by atoms with Gasteiger partial charge in [0.2, 0.25) is 0 Å². The van der Waals surface area contributed by atoms with E-state index < -0.39 is 5.09 Å². The Hall–Kier alpha value is 1.66. The van der Waals surface area contributed by atoms with Crippen LogP contribution in [0.15, 0.2) is 0 Å². The van der Waals surface area contributed by atoms with E-state index in [2.05, 4.69) is 55.4 Å². The summed E-state index contributed by atoms with van der Waals surface area (Å²) in [5.41, 5.74) is 0. The third-order valence-electron chi connectivity index (χ3n) is 5.04. The van der Waals surface area contributed by atoms with Crippen LogP contribution in [0.3, 0.4) is 0 Å². The molecule has 9 heteroatoms. The van der Waals surface area contributed by atoms with Gasteiger partial charge in [-0.15, -0.1) is 31.7 Å². The summed E-state index contributed by atoms with van der Waals surface area (Å²) in [6, 6.07) is 0. The van der Waals surface area contributed by atoms with Gasteiger partial charge in [-0.1, -0.05) is 55.4 Å². The predicted molar refractivity (Wildman–Crippen MR) is 142 cm³/mol. The molecule has 0 aliphatic rings. The molecule has 0 radical (unpaired) electrons. The Balaban J connectivity index is -0.000000177. The predicted octanol–water partition coefficient (Wildman–Crippen LogP) is 7.82. The van der Waals surface area contributed by atoms with Crippen molar-refractivity contribution in [3.63, 3.8) is 0 Å². The van der Waals surface area contributed by atoms with Crippen LogP contribution in [0.2, 0.25) is 0 Å². The molecule has 0 saturated heterocycles. The van der Waals surface area contributed by atoms with E-state index in [0.29, 0.717) is 31.7 Å². The van der Waals surface area contributed by atoms with Gasteiger partial charge in [-0.3, -0.25) is 0 Å². The van der Waals surface area contributed by atoms with Crippen LogP contribution in [0.25, 0.3) is 0 Å². The molecule has 0 amide bonds. The second kappa shape index (κ2) is 29.7. The van der Waals surface area contributed by atoms with E-state index in [1.165, 1.54) is 49.3 Å². The van der Waals surface area contributed by atoms with Gasteiger partial charge in [0.05, 0.1) is 5.09 Å². The average molecular weight is 582 g/mol. The second-order valence-electron chi connectivity index (χ2n) is 6.33. The molecule has 0 spiro atoms. The molecule has 0 atom stereocenters. The summed E-state index contributed by atoms with van der Waals surface area (Å²) in [6.45, 7) is 18.9. The second-order valence-corrected chi connectivity index (χ2v) is 18.5. The fourth-order valence-corrected chi connectivity index (χ4v) is 11.6. The van der Waals surface area contributed by atoms with Gasteiger partial charge in [-0.05, 0) is 73.9 Å². The maximum atomic E-state index is 8.25. The van der Waals surface area contributed by atoms with Crippen molar-refractivity contribution in [1.29, 1.82) is 0 Å². The fourth-order valence-electron chi connectivity index (χ4n) is 2.73. The molecule has 0 N–H and O–H groups in total. The molecule has 0 heterocycles. The zero-order valence-electron chi connectivity index (χ0n) is 20.2. The van der Waals surface area contributed by atoms with Crippen molar-refractivity contribution in [2.24, 2.45) is 0 Å². The average Bonchev–Trinajstić information content (AvgIpc) is 2.69. The minimum Gasteiger partial charge on any atom is -0.356 e. The van der Waals surface area contributed by atoms with Gasteiger partial charge < -0.3 is 15.3 Å². The van der Waals surface area contributed by atoms with Crippen molar-refractivity contribution in [3.05, 3.63) is 15.3 Å². The van der Waals surface area contributed by atoms with Crippen molar-refractivity contribution in [1.82, 2.24) is 0 Å². The van der Waals surface area contributed by atoms with Gasteiger partial charge in [0.25, 0.3) is 0 Å². The Labute approximate surface area is 203 Å². The summed E-state index contributed by atoms with van der Waals surface area (Å²) >= 11 is 0. The van der Waals surface area contributed by atoms with Gasteiger partial charge in [0, 0.05) is 0 Å². The molecule has 4 nitrogen and oxygen atoms in total. The topological polar surface area (TPSA) is 66.2 Å². The molecule has 0 aliphatic heterocycles. The maximum absolute atomic E-state index is 8.25. The van der Waals surface area contributed by atoms with Crippen molar-refractivity contribution in [2.75, 3.05) is 73.9 Å². The van der Waals surface area contributed by atoms with E-state index in [-0.39, 0.29) is 22.4 Å². The summed E-state index contributed by atoms with van der Waals surface area (Å²) in [7, 11) is 1.66. The smallest absolute Gasteiger partial charge is 0.356 e. The van der Waals surface area contributed by atoms with E-state index in [9.17, 15) is 0 Å². The van der Waals surface area contributed by atoms with Crippen LogP contribution in [-0.4, -0.2) is 79.0 Å². The van der Waals surface area contributed by atoms with Crippen molar-refractivity contribution in [2.45, 2.75) is 55.4 Å². The Morgan fingerprint density at radius 2 is 0.586 bits per heavy atom. The Morgan fingerprint density at radius 3 is 0.655 bits per heavy atom. The third kappa shape index (κ3) is 29.7. The van der Waals surface area contributed by atoms with Crippen molar-refractivity contribution in [3.8, 4) is 0 Å². The van der Waals surface area contributed by atoms with Crippen LogP contribution in [0.1, 0.15) is 55.4 Å². The van der Waals surface area contributed by atoms with Gasteiger partial charge in [0.15, 0.2) is 0 Å². The SMILES string of the molecule is CCP(CC)CCP(CC)CC.CCP(CC)CCP(CC)CC.O=[N+]([O-])[O-].[Ag+]. The summed E-state index contributed by atoms with van der Waals surface area (Å²) in [6.07, 6.45) is 17.8. The molecule has 0 unspecified atom stereocenters. The molecule has 182 valence electrons. The molecule has 0 aromatic rings. The minimum atomic E-state index is -1.75. The maximum Gasteiger partial charge on any atom is 1.00 e. The molecule has 0 fully saturated rings. The largest absolute Gasteiger partial charge is 1.00 e. The Kier molecular flexibility index (Phi) is 38.8. The van der Waals surface area contributed by atoms with Gasteiger partial charge >= 0.3 is 22.4 Å². The Bertz CT molecular complexity index is 264. The fraction of sp³-hybridized carbons (Fsp3) is 1.00. The van der Waals surface area contributed by atoms with E-state index in [4.69, 9.17) is 15.3 Å². The molecular weight excluding hydrogens is 534 g/mol. The van der Waals surface area contributed by atoms with Gasteiger partial charge in [-0.25, -0.2) is 0 Å². The van der Waals surface area contributed by atoms with Crippen LogP contribution in [0, 0.1) is 15.3 Å². The first kappa shape index (κ1) is 37.9. The summed E-state index contributed by atoms with van der Waals surface area (Å²) < 4.78 is 0. The van der Waals surface area contributed by atoms with Crippen molar-refractivity contribution < 1.29 is 27.5 Å². The van der Waals surface area contributed by atoms with E-state index >= 15 is 0 Å². The first-order chi connectivity index (χ1) is 13.3. The molecule has 0 rings (SSSR count). The van der Waals surface area contributed by atoms with Crippen LogP contribution in [0.5, 0.6) is 0 Å². The number of hydrogen-bond acceptors (Lipinski definition) is 3. The van der Waals surface area contributed by atoms with E-state index in [1.807, 2.05) is 0 Å². The molecule has 0 saturated carbocycles. The van der Waals surface area contributed by atoms with Crippen LogP contribution in [-0.2, 0) is 22.4 Å². The van der Waals surface area contributed by atoms with E-state index in [1.54, 1.807) is 24.6 Å². The first-order valence-corrected chi connectivity index (χ1v) is 18.6. The summed E-state index contributed by atoms with van der Waals surface area (Å²) in [5, 5.41) is 14.8. The number of hydrogen-bond donors (Lipinski definition) is 0. The van der Waals surface area contributed by atoms with Gasteiger partial charge in [0.1, 0.15) is 0 Å². The van der Waals surface area contributed by atoms with Crippen LogP contribution < -0.4 is 0 Å². The molecule has 29 heavy (non-hydrogen) atoms. The normalized spacial score (nSPS) is 10.3. The molecule has 0 aliphatic carbocycles. The van der Waals surface area contributed by atoms with Crippen LogP contribution >= 0.6 is 31.7 Å². The third-order valence-corrected chi connectivity index (χ3v) is 16.3. The Morgan fingerprint density at radius 1 is 0.483 bits per heavy atom. The molecule has 0 aromatic carbocycles. The van der Waals surface area contributed by atoms with Gasteiger partial charge in [-0.2, -0.15) is 0 Å². The van der Waals surface area contributed by atoms with E-state index in [0.717, 1.165) is 0 Å². The number of rotatable bonds is 14. The first-order valence-electron chi connectivity index (χ1n) is 11.0. The minimum absolute atomic E-state index is 0. The zero-order valence-corrected chi connectivity index (χ0v) is 25.3. The van der Waals surface area contributed by atoms with Crippen LogP contribution in [0.4, 0.5) is 0 Å². The quantitative estimate of drug-likeness (QED) is 0.0908. The molecule has 0 aromatic heterocycles. The van der Waals surface area contributed by atoms with Crippen molar-refractivity contribution >= 4 is 31.7 Å². The summed E-state index contributed by atoms with van der Waals surface area (Å²) in [4.78, 5) is 8.25. The summed E-state index contributed by atoms with van der Waals surface area (Å²) in [5.74, 6) is 0. The monoisotopic (exact) mass is 581 g/mol. The standard InChI is InChI=1S/2C10H24P2.Ag.NO3/c2*1-5-11(6-2)9-10-12(7-3)8-4;;2-1(3)4/h2*5-10H2,1-4H3;;/q;;+1;-1. The molecule has 0 bridgehead atoms. The molecular formula is C20H48AgNO3P4. The zero-order chi connectivity index (χ0) is 22.4. The number of nitrogens with zero attached hydrogens (tertiary/aromatic N) is 1.